The number of sulfone groups is 2. The van der Waals surface area contributed by atoms with Crippen LogP contribution >= 0.6 is 47.8 Å². The second kappa shape index (κ2) is 23.9. The SMILES string of the molecule is O=S1(=O)c2ccc(Br)cc2-c2cc(-c3ccc(N(c4ccccc4)c4ccccc4)cc3)ccc21.O=S1(=O)c2ccc(Br)cc2-c2cc(Br)ccc21.O[B]Oc1ccc(N(c2ccccc2)c2ccccc2)cc1.[H-].[H-].[K+]. The molecule has 0 saturated carbocycles. The molecule has 367 valence electrons. The van der Waals surface area contributed by atoms with Crippen LogP contribution in [0.4, 0.5) is 34.1 Å². The van der Waals surface area contributed by atoms with Gasteiger partial charge < -0.3 is 22.3 Å². The molecule has 8 nitrogen and oxygen atoms in total. The van der Waals surface area contributed by atoms with Gasteiger partial charge in [-0.1, -0.05) is 139 Å². The molecule has 75 heavy (non-hydrogen) atoms. The molecule has 0 aromatic heterocycles. The van der Waals surface area contributed by atoms with E-state index in [0.717, 1.165) is 80.9 Å². The number of nitrogens with zero attached hydrogens (tertiary/aromatic N) is 2. The molecule has 0 saturated heterocycles. The third-order valence-electron chi connectivity index (χ3n) is 12.3. The quantitative estimate of drug-likeness (QED) is 0.143. The number of fused-ring (bicyclic) bond motifs is 6. The first kappa shape index (κ1) is 54.4. The maximum Gasteiger partial charge on any atom is 1.00 e. The molecule has 0 fully saturated rings. The molecule has 0 atom stereocenters. The van der Waals surface area contributed by atoms with Crippen molar-refractivity contribution in [3.8, 4) is 39.1 Å². The monoisotopic (exact) mass is 1240 g/mol. The zero-order valence-corrected chi connectivity index (χ0v) is 49.5. The van der Waals surface area contributed by atoms with E-state index in [1.165, 1.54) is 0 Å². The van der Waals surface area contributed by atoms with Gasteiger partial charge in [0.25, 0.3) is 0 Å². The van der Waals surface area contributed by atoms with Gasteiger partial charge in [0.1, 0.15) is 5.75 Å². The average molecular weight is 1240 g/mol. The minimum Gasteiger partial charge on any atom is -1.00 e. The van der Waals surface area contributed by atoms with Gasteiger partial charge in [0, 0.05) is 69.8 Å². The topological polar surface area (TPSA) is 104 Å². The molecule has 0 aliphatic carbocycles. The number of halogens is 3. The first-order chi connectivity index (χ1) is 35.9. The van der Waals surface area contributed by atoms with Crippen molar-refractivity contribution >= 4 is 109 Å². The summed E-state index contributed by atoms with van der Waals surface area (Å²) in [6, 6.07) is 78.2. The number of hydrogen-bond acceptors (Lipinski definition) is 8. The van der Waals surface area contributed by atoms with Crippen molar-refractivity contribution in [3.63, 3.8) is 0 Å². The predicted molar refractivity (Wildman–Crippen MR) is 310 cm³/mol. The van der Waals surface area contributed by atoms with Crippen LogP contribution in [0.2, 0.25) is 0 Å². The predicted octanol–water partition coefficient (Wildman–Crippen LogP) is 13.7. The molecule has 10 aromatic carbocycles. The summed E-state index contributed by atoms with van der Waals surface area (Å²) in [5.41, 5.74) is 11.4. The van der Waals surface area contributed by atoms with E-state index in [0.29, 0.717) is 33.0 Å². The Morgan fingerprint density at radius 3 is 0.973 bits per heavy atom. The van der Waals surface area contributed by atoms with Crippen LogP contribution in [-0.2, 0) is 19.7 Å². The van der Waals surface area contributed by atoms with Gasteiger partial charge in [0.2, 0.25) is 19.7 Å². The molecule has 1 N–H and O–H groups in total. The fourth-order valence-electron chi connectivity index (χ4n) is 8.97. The van der Waals surface area contributed by atoms with Crippen molar-refractivity contribution in [2.24, 2.45) is 0 Å². The van der Waals surface area contributed by atoms with E-state index < -0.39 is 19.7 Å². The van der Waals surface area contributed by atoms with Gasteiger partial charge in [-0.25, -0.2) is 16.8 Å². The maximum atomic E-state index is 13.0. The third kappa shape index (κ3) is 11.7. The Balaban J connectivity index is 0.000000177. The molecule has 15 heteroatoms. The zero-order valence-electron chi connectivity index (χ0n) is 42.0. The molecular weight excluding hydrogens is 1200 g/mol. The zero-order chi connectivity index (χ0) is 51.4. The van der Waals surface area contributed by atoms with Crippen LogP contribution in [-0.4, -0.2) is 29.5 Å². The molecule has 10 aromatic rings. The summed E-state index contributed by atoms with van der Waals surface area (Å²) in [5, 5.41) is 8.70. The molecule has 0 spiro atoms. The number of hydrogen-bond donors (Lipinski definition) is 1. The Hall–Kier alpha value is -5.40. The summed E-state index contributed by atoms with van der Waals surface area (Å²) in [6.45, 7) is 0. The van der Waals surface area contributed by atoms with Gasteiger partial charge in [-0.3, -0.25) is 0 Å². The Labute approximate surface area is 508 Å². The van der Waals surface area contributed by atoms with E-state index in [1.807, 2.05) is 127 Å². The number of anilines is 6. The summed E-state index contributed by atoms with van der Waals surface area (Å²) in [6.07, 6.45) is 0. The normalized spacial score (nSPS) is 12.6. The molecule has 0 bridgehead atoms. The average Bonchev–Trinajstić information content (AvgIpc) is 3.81. The van der Waals surface area contributed by atoms with E-state index >= 15 is 0 Å². The van der Waals surface area contributed by atoms with E-state index in [1.54, 1.807) is 42.5 Å². The van der Waals surface area contributed by atoms with Gasteiger partial charge in [-0.2, -0.15) is 0 Å². The number of para-hydroxylation sites is 4. The molecule has 1 radical (unpaired) electrons. The van der Waals surface area contributed by atoms with Crippen LogP contribution in [0.1, 0.15) is 2.85 Å². The summed E-state index contributed by atoms with van der Waals surface area (Å²) in [5.74, 6) is 0.590. The van der Waals surface area contributed by atoms with Crippen LogP contribution < -0.4 is 65.8 Å². The molecule has 2 heterocycles. The van der Waals surface area contributed by atoms with Crippen LogP contribution in [0.25, 0.3) is 33.4 Å². The Bertz CT molecular complexity index is 3750. The number of benzene rings is 10. The molecule has 0 unspecified atom stereocenters. The van der Waals surface area contributed by atoms with Gasteiger partial charge in [0.05, 0.1) is 19.6 Å². The smallest absolute Gasteiger partial charge is 1.00 e. The summed E-state index contributed by atoms with van der Waals surface area (Å²) in [4.78, 5) is 5.87. The molecule has 2 aliphatic heterocycles. The van der Waals surface area contributed by atoms with Crippen molar-refractivity contribution in [1.29, 1.82) is 0 Å². The van der Waals surface area contributed by atoms with Crippen LogP contribution in [0.3, 0.4) is 0 Å². The Morgan fingerprint density at radius 2 is 0.640 bits per heavy atom. The summed E-state index contributed by atoms with van der Waals surface area (Å²) < 4.78 is 58.1. The second-order valence-electron chi connectivity index (χ2n) is 16.9. The van der Waals surface area contributed by atoms with Crippen molar-refractivity contribution in [3.05, 3.63) is 256 Å². The first-order valence-corrected chi connectivity index (χ1v) is 28.4. The van der Waals surface area contributed by atoms with E-state index in [9.17, 15) is 16.8 Å². The molecule has 0 amide bonds. The van der Waals surface area contributed by atoms with Crippen molar-refractivity contribution < 1.29 is 80.8 Å². The van der Waals surface area contributed by atoms with Crippen LogP contribution in [0.5, 0.6) is 5.75 Å². The molecule has 2 aliphatic rings. The Kier molecular flexibility index (Phi) is 17.3. The van der Waals surface area contributed by atoms with Crippen LogP contribution in [0, 0.1) is 0 Å². The minimum atomic E-state index is -3.49. The summed E-state index contributed by atoms with van der Waals surface area (Å²) in [7, 11) is -6.15. The fourth-order valence-corrected chi connectivity index (χ4v) is 13.4. The molecule has 12 rings (SSSR count). The number of rotatable bonds is 9. The first-order valence-electron chi connectivity index (χ1n) is 23.1. The minimum absolute atomic E-state index is 0. The molecular formula is C60H43BBr3KN2O6S2-. The Morgan fingerprint density at radius 1 is 0.360 bits per heavy atom. The van der Waals surface area contributed by atoms with Gasteiger partial charge >= 0.3 is 59.1 Å². The van der Waals surface area contributed by atoms with Gasteiger partial charge in [-0.05, 0) is 163 Å². The standard InChI is InChI=1S/C30H20BrNO2S.C18H15BNO2.C12H6Br2O2S.K.2H/c31-23-14-18-30-28(20-23)27-19-22(13-17-29(27)35(30,33)34)21-11-15-26(16-12-21)32(24-7-3-1-4-8-24)25-9-5-2-6-10-25;21-19-22-18-13-11-17(12-14-18)20(15-7-3-1-4-8-15)16-9-5-2-6-10-16;13-7-1-3-11-9(5-7)10-6-8(14)2-4-12(10)17(11,15)16;;;/h1-20H;1-14,21H;1-6H;;;/q;;;+1;2*-1. The third-order valence-corrected chi connectivity index (χ3v) is 17.6. The van der Waals surface area contributed by atoms with E-state index in [2.05, 4.69) is 130 Å². The van der Waals surface area contributed by atoms with Gasteiger partial charge in [0.15, 0.2) is 0 Å². The second-order valence-corrected chi connectivity index (χ2v) is 23.4. The summed E-state index contributed by atoms with van der Waals surface area (Å²) >= 11 is 10.2. The van der Waals surface area contributed by atoms with Crippen molar-refractivity contribution in [2.45, 2.75) is 19.6 Å². The van der Waals surface area contributed by atoms with E-state index in [4.69, 9.17) is 9.68 Å². The van der Waals surface area contributed by atoms with Gasteiger partial charge in [-0.15, -0.1) is 0 Å². The fraction of sp³-hybridized carbons (Fsp3) is 0. The van der Waals surface area contributed by atoms with Crippen molar-refractivity contribution in [2.75, 3.05) is 9.80 Å². The largest absolute Gasteiger partial charge is 1.00 e. The van der Waals surface area contributed by atoms with Crippen molar-refractivity contribution in [1.82, 2.24) is 0 Å². The van der Waals surface area contributed by atoms with Crippen LogP contribution in [0.15, 0.2) is 276 Å². The van der Waals surface area contributed by atoms with E-state index in [-0.39, 0.29) is 54.2 Å². The maximum absolute atomic E-state index is 13.0.